The van der Waals surface area contributed by atoms with Crippen molar-refractivity contribution in [1.29, 1.82) is 0 Å². The number of nitrogens with zero attached hydrogens (tertiary/aromatic N) is 9. The molecule has 0 radical (unpaired) electrons. The molecule has 1 atom stereocenters. The van der Waals surface area contributed by atoms with Crippen molar-refractivity contribution in [3.63, 3.8) is 0 Å². The van der Waals surface area contributed by atoms with E-state index >= 15 is 0 Å². The minimum Gasteiger partial charge on any atom is -0.377 e. The highest BCUT2D eigenvalue weighted by molar-refractivity contribution is 6.30. The van der Waals surface area contributed by atoms with Gasteiger partial charge in [-0.1, -0.05) is 17.7 Å². The lowest BCUT2D eigenvalue weighted by atomic mass is 10.2. The maximum atomic E-state index is 6.08. The molecule has 1 aliphatic heterocycles. The van der Waals surface area contributed by atoms with Crippen LogP contribution in [0.25, 0.3) is 17.1 Å². The monoisotopic (exact) mass is 423 g/mol. The summed E-state index contributed by atoms with van der Waals surface area (Å²) in [5, 5.41) is 22.4. The lowest BCUT2D eigenvalue weighted by molar-refractivity contribution is 0.0905. The average molecular weight is 424 g/mol. The molecule has 4 heterocycles. The second kappa shape index (κ2) is 7.81. The van der Waals surface area contributed by atoms with Gasteiger partial charge in [0.05, 0.1) is 18.9 Å². The number of aromatic nitrogens is 8. The third-order valence-electron chi connectivity index (χ3n) is 4.94. The summed E-state index contributed by atoms with van der Waals surface area (Å²) in [6, 6.07) is 10.9. The van der Waals surface area contributed by atoms with E-state index in [4.69, 9.17) is 16.3 Å². The molecule has 152 valence electrons. The first-order valence-electron chi connectivity index (χ1n) is 9.41. The second-order valence-corrected chi connectivity index (χ2v) is 7.26. The van der Waals surface area contributed by atoms with Gasteiger partial charge in [-0.15, -0.1) is 25.2 Å². The van der Waals surface area contributed by atoms with Gasteiger partial charge < -0.3 is 9.64 Å². The molecule has 3 aromatic heterocycles. The van der Waals surface area contributed by atoms with E-state index in [-0.39, 0.29) is 6.04 Å². The Morgan fingerprint density at radius 3 is 2.80 bits per heavy atom. The van der Waals surface area contributed by atoms with Crippen LogP contribution in [0.15, 0.2) is 48.8 Å². The van der Waals surface area contributed by atoms with Crippen LogP contribution in [0.5, 0.6) is 0 Å². The molecule has 0 spiro atoms. The normalized spacial score (nSPS) is 16.7. The average Bonchev–Trinajstić information content (AvgIpc) is 3.42. The van der Waals surface area contributed by atoms with Gasteiger partial charge in [0.15, 0.2) is 11.6 Å². The summed E-state index contributed by atoms with van der Waals surface area (Å²) < 4.78 is 7.66. The predicted octanol–water partition coefficient (Wildman–Crippen LogP) is 2.08. The topological polar surface area (TPSA) is 99.7 Å². The molecule has 0 N–H and O–H groups in total. The number of hydrogen-bond acceptors (Lipinski definition) is 8. The van der Waals surface area contributed by atoms with Gasteiger partial charge in [-0.2, -0.15) is 0 Å². The number of pyridine rings is 1. The van der Waals surface area contributed by atoms with Gasteiger partial charge in [0.2, 0.25) is 5.95 Å². The Morgan fingerprint density at radius 2 is 1.97 bits per heavy atom. The standard InChI is InChI=1S/C19H18ClN9O/c1-27-18(13-5-7-21-8-6-13)23-24-19(27)28-9-10-30-12-16(28)17-22-26-29(25-17)15-4-2-3-14(20)11-15/h2-8,11,16H,9-10,12H2,1H3. The molecule has 0 saturated carbocycles. The molecule has 30 heavy (non-hydrogen) atoms. The lowest BCUT2D eigenvalue weighted by Gasteiger charge is -2.33. The van der Waals surface area contributed by atoms with Gasteiger partial charge in [-0.3, -0.25) is 9.55 Å². The van der Waals surface area contributed by atoms with E-state index in [1.54, 1.807) is 24.5 Å². The Balaban J connectivity index is 1.47. The third-order valence-corrected chi connectivity index (χ3v) is 5.18. The largest absolute Gasteiger partial charge is 0.377 e. The first-order valence-corrected chi connectivity index (χ1v) is 9.78. The number of rotatable bonds is 4. The van der Waals surface area contributed by atoms with E-state index in [1.165, 1.54) is 4.80 Å². The van der Waals surface area contributed by atoms with Crippen molar-refractivity contribution in [3.05, 3.63) is 59.6 Å². The van der Waals surface area contributed by atoms with Crippen molar-refractivity contribution >= 4 is 17.5 Å². The summed E-state index contributed by atoms with van der Waals surface area (Å²) in [5.74, 6) is 2.02. The Morgan fingerprint density at radius 1 is 1.10 bits per heavy atom. The first kappa shape index (κ1) is 18.6. The molecule has 1 aromatic carbocycles. The van der Waals surface area contributed by atoms with Gasteiger partial charge in [0.1, 0.15) is 6.04 Å². The smallest absolute Gasteiger partial charge is 0.228 e. The van der Waals surface area contributed by atoms with Crippen molar-refractivity contribution in [2.45, 2.75) is 6.04 Å². The SMILES string of the molecule is Cn1c(-c2ccncc2)nnc1N1CCOCC1c1nnn(-c2cccc(Cl)c2)n1. The van der Waals surface area contributed by atoms with Crippen molar-refractivity contribution in [2.24, 2.45) is 7.05 Å². The molecular formula is C19H18ClN9O. The number of tetrazole rings is 1. The molecule has 0 bridgehead atoms. The van der Waals surface area contributed by atoms with Crippen LogP contribution in [-0.2, 0) is 11.8 Å². The summed E-state index contributed by atoms with van der Waals surface area (Å²) >= 11 is 6.08. The highest BCUT2D eigenvalue weighted by atomic mass is 35.5. The molecule has 4 aromatic rings. The Kier molecular flexibility index (Phi) is 4.85. The van der Waals surface area contributed by atoms with Crippen LogP contribution in [0, 0.1) is 0 Å². The number of ether oxygens (including phenoxy) is 1. The van der Waals surface area contributed by atoms with Crippen LogP contribution in [-0.4, -0.2) is 59.7 Å². The molecule has 0 aliphatic carbocycles. The molecule has 10 nitrogen and oxygen atoms in total. The highest BCUT2D eigenvalue weighted by Crippen LogP contribution is 2.29. The second-order valence-electron chi connectivity index (χ2n) is 6.82. The summed E-state index contributed by atoms with van der Waals surface area (Å²) in [5.41, 5.74) is 1.68. The lowest BCUT2D eigenvalue weighted by Crippen LogP contribution is -2.41. The Bertz CT molecular complexity index is 1160. The number of hydrogen-bond donors (Lipinski definition) is 0. The molecular weight excluding hydrogens is 406 g/mol. The van der Waals surface area contributed by atoms with E-state index in [2.05, 4.69) is 35.5 Å². The molecule has 1 fully saturated rings. The van der Waals surface area contributed by atoms with E-state index in [9.17, 15) is 0 Å². The molecule has 0 amide bonds. The predicted molar refractivity (Wildman–Crippen MR) is 109 cm³/mol. The minimum atomic E-state index is -0.236. The summed E-state index contributed by atoms with van der Waals surface area (Å²) in [6.07, 6.45) is 3.47. The summed E-state index contributed by atoms with van der Waals surface area (Å²) in [4.78, 5) is 7.63. The summed E-state index contributed by atoms with van der Waals surface area (Å²) in [6.45, 7) is 1.65. The quantitative estimate of drug-likeness (QED) is 0.492. The van der Waals surface area contributed by atoms with E-state index < -0.39 is 0 Å². The van der Waals surface area contributed by atoms with Crippen LogP contribution in [0.2, 0.25) is 5.02 Å². The Labute approximate surface area is 177 Å². The molecule has 1 unspecified atom stereocenters. The van der Waals surface area contributed by atoms with Crippen molar-refractivity contribution in [1.82, 2.24) is 40.0 Å². The van der Waals surface area contributed by atoms with Crippen LogP contribution in [0.3, 0.4) is 0 Å². The zero-order chi connectivity index (χ0) is 20.5. The van der Waals surface area contributed by atoms with Gasteiger partial charge in [-0.25, -0.2) is 0 Å². The van der Waals surface area contributed by atoms with E-state index in [0.29, 0.717) is 36.6 Å². The summed E-state index contributed by atoms with van der Waals surface area (Å²) in [7, 11) is 1.94. The first-order chi connectivity index (χ1) is 14.7. The number of anilines is 1. The minimum absolute atomic E-state index is 0.236. The van der Waals surface area contributed by atoms with Gasteiger partial charge in [0, 0.05) is 36.6 Å². The van der Waals surface area contributed by atoms with Crippen LogP contribution >= 0.6 is 11.6 Å². The fraction of sp³-hybridized carbons (Fsp3) is 0.263. The zero-order valence-electron chi connectivity index (χ0n) is 16.1. The van der Waals surface area contributed by atoms with E-state index in [0.717, 1.165) is 17.1 Å². The fourth-order valence-electron chi connectivity index (χ4n) is 3.45. The number of benzene rings is 1. The Hall–Kier alpha value is -3.37. The maximum Gasteiger partial charge on any atom is 0.228 e. The third kappa shape index (κ3) is 3.40. The number of morpholine rings is 1. The van der Waals surface area contributed by atoms with Gasteiger partial charge in [0.25, 0.3) is 0 Å². The van der Waals surface area contributed by atoms with E-state index in [1.807, 2.05) is 35.9 Å². The molecule has 11 heteroatoms. The molecule has 1 aliphatic rings. The van der Waals surface area contributed by atoms with Gasteiger partial charge in [-0.05, 0) is 35.5 Å². The highest BCUT2D eigenvalue weighted by Gasteiger charge is 2.32. The zero-order valence-corrected chi connectivity index (χ0v) is 16.9. The van der Waals surface area contributed by atoms with Crippen molar-refractivity contribution in [2.75, 3.05) is 24.7 Å². The van der Waals surface area contributed by atoms with Crippen molar-refractivity contribution < 1.29 is 4.74 Å². The van der Waals surface area contributed by atoms with Gasteiger partial charge >= 0.3 is 0 Å². The van der Waals surface area contributed by atoms with Crippen LogP contribution in [0.4, 0.5) is 5.95 Å². The maximum absolute atomic E-state index is 6.08. The molecule has 5 rings (SSSR count). The molecule has 1 saturated heterocycles. The van der Waals surface area contributed by atoms with Crippen LogP contribution in [0.1, 0.15) is 11.9 Å². The van der Waals surface area contributed by atoms with Crippen LogP contribution < -0.4 is 4.90 Å². The van der Waals surface area contributed by atoms with Crippen molar-refractivity contribution in [3.8, 4) is 17.1 Å². The fourth-order valence-corrected chi connectivity index (χ4v) is 3.63. The number of halogens is 1.